The van der Waals surface area contributed by atoms with Gasteiger partial charge in [0.2, 0.25) is 0 Å². The summed E-state index contributed by atoms with van der Waals surface area (Å²) < 4.78 is 36.4. The molecule has 0 aliphatic heterocycles. The third-order valence-electron chi connectivity index (χ3n) is 2.13. The highest BCUT2D eigenvalue weighted by Crippen LogP contribution is 2.40. The molecule has 0 amide bonds. The highest BCUT2D eigenvalue weighted by Gasteiger charge is 2.31. The number of hydrogen-bond acceptors (Lipinski definition) is 3. The van der Waals surface area contributed by atoms with Crippen LogP contribution >= 0.6 is 11.8 Å². The van der Waals surface area contributed by atoms with Gasteiger partial charge in [-0.15, -0.1) is 0 Å². The molecule has 16 heavy (non-hydrogen) atoms. The number of nitrogens with zero attached hydrogens (tertiary/aromatic N) is 1. The molecule has 0 aliphatic rings. The van der Waals surface area contributed by atoms with Gasteiger partial charge in [0.1, 0.15) is 0 Å². The summed E-state index contributed by atoms with van der Waals surface area (Å²) >= 11 is -0.261. The molecule has 0 fully saturated rings. The Morgan fingerprint density at radius 3 is 2.25 bits per heavy atom. The standard InChI is InChI=1S/C9H8F3NO2S/c1-5-6(2)8(16-9(10,11)12)4-3-7(5)13(14)15/h3-4H,1-2H3. The van der Waals surface area contributed by atoms with Crippen LogP contribution < -0.4 is 0 Å². The van der Waals surface area contributed by atoms with E-state index in [-0.39, 0.29) is 33.5 Å². The van der Waals surface area contributed by atoms with Gasteiger partial charge in [0, 0.05) is 16.5 Å². The molecular weight excluding hydrogens is 243 g/mol. The quantitative estimate of drug-likeness (QED) is 0.456. The summed E-state index contributed by atoms with van der Waals surface area (Å²) in [5, 5.41) is 10.5. The Balaban J connectivity index is 3.17. The summed E-state index contributed by atoms with van der Waals surface area (Å²) in [5.74, 6) is 0. The first-order valence-electron chi connectivity index (χ1n) is 4.22. The Labute approximate surface area is 93.8 Å². The lowest BCUT2D eigenvalue weighted by Gasteiger charge is -2.10. The fourth-order valence-corrected chi connectivity index (χ4v) is 1.91. The first kappa shape index (κ1) is 12.8. The molecule has 1 aromatic carbocycles. The van der Waals surface area contributed by atoms with E-state index in [4.69, 9.17) is 0 Å². The molecule has 1 rings (SSSR count). The van der Waals surface area contributed by atoms with Gasteiger partial charge in [0.25, 0.3) is 5.69 Å². The zero-order chi connectivity index (χ0) is 12.5. The van der Waals surface area contributed by atoms with E-state index in [0.29, 0.717) is 0 Å². The molecule has 0 heterocycles. The molecule has 0 unspecified atom stereocenters. The van der Waals surface area contributed by atoms with Crippen LogP contribution in [0.15, 0.2) is 17.0 Å². The molecule has 0 aromatic heterocycles. The normalized spacial score (nSPS) is 11.6. The van der Waals surface area contributed by atoms with Crippen molar-refractivity contribution < 1.29 is 18.1 Å². The smallest absolute Gasteiger partial charge is 0.258 e. The summed E-state index contributed by atoms with van der Waals surface area (Å²) in [6, 6.07) is 2.22. The average molecular weight is 251 g/mol. The number of benzene rings is 1. The van der Waals surface area contributed by atoms with Gasteiger partial charge >= 0.3 is 5.51 Å². The lowest BCUT2D eigenvalue weighted by Crippen LogP contribution is -2.02. The average Bonchev–Trinajstić information content (AvgIpc) is 2.10. The zero-order valence-electron chi connectivity index (χ0n) is 8.46. The van der Waals surface area contributed by atoms with Crippen LogP contribution in [-0.2, 0) is 0 Å². The number of rotatable bonds is 2. The first-order valence-corrected chi connectivity index (χ1v) is 5.04. The maximum absolute atomic E-state index is 12.1. The highest BCUT2D eigenvalue weighted by molar-refractivity contribution is 8.00. The van der Waals surface area contributed by atoms with Crippen LogP contribution in [0.3, 0.4) is 0 Å². The number of halogens is 3. The van der Waals surface area contributed by atoms with Gasteiger partial charge in [0.05, 0.1) is 4.92 Å². The van der Waals surface area contributed by atoms with Crippen molar-refractivity contribution in [3.05, 3.63) is 33.4 Å². The van der Waals surface area contributed by atoms with Crippen molar-refractivity contribution in [3.8, 4) is 0 Å². The molecule has 0 N–H and O–H groups in total. The van der Waals surface area contributed by atoms with E-state index in [1.165, 1.54) is 13.8 Å². The molecule has 0 atom stereocenters. The van der Waals surface area contributed by atoms with Crippen LogP contribution in [0.4, 0.5) is 18.9 Å². The van der Waals surface area contributed by atoms with Crippen LogP contribution in [0, 0.1) is 24.0 Å². The molecule has 1 aromatic rings. The monoisotopic (exact) mass is 251 g/mol. The summed E-state index contributed by atoms with van der Waals surface area (Å²) in [5.41, 5.74) is -3.99. The van der Waals surface area contributed by atoms with Crippen LogP contribution in [0.2, 0.25) is 0 Å². The highest BCUT2D eigenvalue weighted by atomic mass is 32.2. The predicted octanol–water partition coefficient (Wildman–Crippen LogP) is 3.82. The molecule has 3 nitrogen and oxygen atoms in total. The van der Waals surface area contributed by atoms with E-state index in [1.807, 2.05) is 0 Å². The Bertz CT molecular complexity index is 431. The minimum absolute atomic E-state index is 0.00407. The van der Waals surface area contributed by atoms with E-state index in [1.54, 1.807) is 0 Å². The van der Waals surface area contributed by atoms with E-state index >= 15 is 0 Å². The summed E-state index contributed by atoms with van der Waals surface area (Å²) in [7, 11) is 0. The summed E-state index contributed by atoms with van der Waals surface area (Å²) in [6.07, 6.45) is 0. The second-order valence-electron chi connectivity index (χ2n) is 3.14. The molecule has 0 saturated carbocycles. The van der Waals surface area contributed by atoms with E-state index in [0.717, 1.165) is 12.1 Å². The fraction of sp³-hybridized carbons (Fsp3) is 0.333. The molecule has 0 radical (unpaired) electrons. The van der Waals surface area contributed by atoms with Crippen LogP contribution in [-0.4, -0.2) is 10.4 Å². The van der Waals surface area contributed by atoms with Crippen molar-refractivity contribution in [2.75, 3.05) is 0 Å². The van der Waals surface area contributed by atoms with E-state index in [9.17, 15) is 23.3 Å². The van der Waals surface area contributed by atoms with E-state index < -0.39 is 10.4 Å². The largest absolute Gasteiger partial charge is 0.446 e. The Kier molecular flexibility index (Phi) is 3.47. The van der Waals surface area contributed by atoms with Crippen molar-refractivity contribution >= 4 is 17.4 Å². The summed E-state index contributed by atoms with van der Waals surface area (Å²) in [6.45, 7) is 2.88. The van der Waals surface area contributed by atoms with Gasteiger partial charge < -0.3 is 0 Å². The molecule has 0 spiro atoms. The summed E-state index contributed by atoms with van der Waals surface area (Å²) in [4.78, 5) is 9.94. The van der Waals surface area contributed by atoms with Gasteiger partial charge in [-0.3, -0.25) is 10.1 Å². The Morgan fingerprint density at radius 1 is 1.25 bits per heavy atom. The van der Waals surface area contributed by atoms with Gasteiger partial charge in [-0.25, -0.2) is 0 Å². The number of alkyl halides is 3. The number of nitro groups is 1. The second-order valence-corrected chi connectivity index (χ2v) is 4.24. The third kappa shape index (κ3) is 2.88. The molecular formula is C9H8F3NO2S. The topological polar surface area (TPSA) is 43.1 Å². The van der Waals surface area contributed by atoms with Crippen molar-refractivity contribution in [1.82, 2.24) is 0 Å². The maximum Gasteiger partial charge on any atom is 0.446 e. The van der Waals surface area contributed by atoms with Crippen molar-refractivity contribution in [2.45, 2.75) is 24.3 Å². The van der Waals surface area contributed by atoms with Crippen molar-refractivity contribution in [2.24, 2.45) is 0 Å². The van der Waals surface area contributed by atoms with Gasteiger partial charge in [-0.2, -0.15) is 13.2 Å². The predicted molar refractivity (Wildman–Crippen MR) is 54.5 cm³/mol. The van der Waals surface area contributed by atoms with Crippen LogP contribution in [0.1, 0.15) is 11.1 Å². The molecule has 0 bridgehead atoms. The van der Waals surface area contributed by atoms with Gasteiger partial charge in [0.15, 0.2) is 0 Å². The van der Waals surface area contributed by atoms with E-state index in [2.05, 4.69) is 0 Å². The zero-order valence-corrected chi connectivity index (χ0v) is 9.28. The Morgan fingerprint density at radius 2 is 1.81 bits per heavy atom. The molecule has 0 saturated heterocycles. The first-order chi connectivity index (χ1) is 7.22. The SMILES string of the molecule is Cc1c(SC(F)(F)F)ccc([N+](=O)[O-])c1C. The second kappa shape index (κ2) is 4.32. The lowest BCUT2D eigenvalue weighted by atomic mass is 10.1. The minimum atomic E-state index is -4.38. The number of nitro benzene ring substituents is 1. The lowest BCUT2D eigenvalue weighted by molar-refractivity contribution is -0.385. The van der Waals surface area contributed by atoms with Crippen molar-refractivity contribution in [1.29, 1.82) is 0 Å². The van der Waals surface area contributed by atoms with Crippen LogP contribution in [0.5, 0.6) is 0 Å². The molecule has 0 aliphatic carbocycles. The van der Waals surface area contributed by atoms with Crippen LogP contribution in [0.25, 0.3) is 0 Å². The molecule has 88 valence electrons. The third-order valence-corrected chi connectivity index (χ3v) is 3.02. The van der Waals surface area contributed by atoms with Gasteiger partial charge in [-0.1, -0.05) is 0 Å². The maximum atomic E-state index is 12.1. The molecule has 7 heteroatoms. The number of thioether (sulfide) groups is 1. The van der Waals surface area contributed by atoms with Crippen molar-refractivity contribution in [3.63, 3.8) is 0 Å². The Hall–Kier alpha value is -1.24. The fourth-order valence-electron chi connectivity index (χ4n) is 1.21. The van der Waals surface area contributed by atoms with Gasteiger partial charge in [-0.05, 0) is 37.2 Å². The number of hydrogen-bond donors (Lipinski definition) is 0. The minimum Gasteiger partial charge on any atom is -0.258 e.